The molecule has 2 atom stereocenters. The summed E-state index contributed by atoms with van der Waals surface area (Å²) >= 11 is 0. The Morgan fingerprint density at radius 3 is 2.23 bits per heavy atom. The minimum Gasteiger partial charge on any atom is -0.383 e. The maximum atomic E-state index is 5.09. The maximum absolute atomic E-state index is 5.09. The van der Waals surface area contributed by atoms with Crippen LogP contribution in [-0.4, -0.2) is 62.3 Å². The highest BCUT2D eigenvalue weighted by molar-refractivity contribution is 4.82. The predicted octanol–water partition coefficient (Wildman–Crippen LogP) is 0.657. The highest BCUT2D eigenvalue weighted by atomic mass is 16.5. The molecule has 1 rings (SSSR count). The van der Waals surface area contributed by atoms with Gasteiger partial charge in [-0.25, -0.2) is 0 Å². The molecule has 3 nitrogen and oxygen atoms in total. The van der Waals surface area contributed by atoms with Gasteiger partial charge < -0.3 is 4.74 Å². The van der Waals surface area contributed by atoms with Gasteiger partial charge in [-0.05, 0) is 20.9 Å². The summed E-state index contributed by atoms with van der Waals surface area (Å²) in [5, 5.41) is 0. The average Bonchev–Trinajstić information content (AvgIpc) is 2.10. The minimum atomic E-state index is 0.667. The maximum Gasteiger partial charge on any atom is 0.0589 e. The Bertz CT molecular complexity index is 140. The van der Waals surface area contributed by atoms with Gasteiger partial charge in [0.1, 0.15) is 0 Å². The van der Waals surface area contributed by atoms with E-state index in [-0.39, 0.29) is 0 Å². The molecule has 1 heterocycles. The van der Waals surface area contributed by atoms with Crippen molar-refractivity contribution in [1.29, 1.82) is 0 Å². The van der Waals surface area contributed by atoms with E-state index < -0.39 is 0 Å². The van der Waals surface area contributed by atoms with E-state index in [4.69, 9.17) is 4.74 Å². The van der Waals surface area contributed by atoms with Gasteiger partial charge in [-0.2, -0.15) is 0 Å². The van der Waals surface area contributed by atoms with Crippen LogP contribution in [0.1, 0.15) is 13.8 Å². The number of ether oxygens (including phenoxy) is 1. The first kappa shape index (κ1) is 11.0. The number of methoxy groups -OCH3 is 1. The molecule has 1 aliphatic heterocycles. The number of hydrogen-bond donors (Lipinski definition) is 0. The molecule has 0 aromatic rings. The van der Waals surface area contributed by atoms with Crippen molar-refractivity contribution in [2.45, 2.75) is 25.9 Å². The van der Waals surface area contributed by atoms with Gasteiger partial charge in [0.25, 0.3) is 0 Å². The summed E-state index contributed by atoms with van der Waals surface area (Å²) in [4.78, 5) is 4.93. The fourth-order valence-electron chi connectivity index (χ4n) is 1.92. The molecule has 0 amide bonds. The van der Waals surface area contributed by atoms with E-state index in [1.54, 1.807) is 7.11 Å². The normalized spacial score (nSPS) is 32.3. The molecule has 1 aliphatic rings. The second-order valence-electron chi connectivity index (χ2n) is 4.12. The number of likely N-dealkylation sites (N-methyl/N-ethyl adjacent to an activating group) is 1. The van der Waals surface area contributed by atoms with Gasteiger partial charge in [-0.15, -0.1) is 0 Å². The smallest absolute Gasteiger partial charge is 0.0589 e. The van der Waals surface area contributed by atoms with Crippen molar-refractivity contribution in [3.8, 4) is 0 Å². The Hall–Kier alpha value is -0.120. The zero-order valence-electron chi connectivity index (χ0n) is 9.29. The van der Waals surface area contributed by atoms with E-state index in [1.807, 2.05) is 0 Å². The molecule has 0 radical (unpaired) electrons. The summed E-state index contributed by atoms with van der Waals surface area (Å²) in [6.45, 7) is 8.83. The van der Waals surface area contributed by atoms with Crippen molar-refractivity contribution in [2.24, 2.45) is 0 Å². The molecular formula is C10H22N2O. The van der Waals surface area contributed by atoms with Crippen molar-refractivity contribution in [3.63, 3.8) is 0 Å². The lowest BCUT2D eigenvalue weighted by Crippen LogP contribution is -2.55. The lowest BCUT2D eigenvalue weighted by Gasteiger charge is -2.42. The fraction of sp³-hybridized carbons (Fsp3) is 1.00. The van der Waals surface area contributed by atoms with E-state index in [1.165, 1.54) is 13.1 Å². The molecule has 0 unspecified atom stereocenters. The Balaban J connectivity index is 2.35. The summed E-state index contributed by atoms with van der Waals surface area (Å²) in [7, 11) is 3.98. The van der Waals surface area contributed by atoms with Gasteiger partial charge in [0.05, 0.1) is 6.61 Å². The quantitative estimate of drug-likeness (QED) is 0.644. The molecule has 78 valence electrons. The zero-order chi connectivity index (χ0) is 9.84. The van der Waals surface area contributed by atoms with Gasteiger partial charge in [0.2, 0.25) is 0 Å². The fourth-order valence-corrected chi connectivity index (χ4v) is 1.92. The molecule has 0 aromatic heterocycles. The number of piperazine rings is 1. The van der Waals surface area contributed by atoms with Crippen LogP contribution in [0.5, 0.6) is 0 Å². The molecular weight excluding hydrogens is 164 g/mol. The molecule has 0 bridgehead atoms. The van der Waals surface area contributed by atoms with Gasteiger partial charge in [-0.3, -0.25) is 9.80 Å². The van der Waals surface area contributed by atoms with Crippen molar-refractivity contribution < 1.29 is 4.74 Å². The Morgan fingerprint density at radius 2 is 1.77 bits per heavy atom. The lowest BCUT2D eigenvalue weighted by molar-refractivity contribution is 0.0436. The molecule has 1 fully saturated rings. The van der Waals surface area contributed by atoms with Crippen LogP contribution in [0, 0.1) is 0 Å². The van der Waals surface area contributed by atoms with Crippen LogP contribution in [0.2, 0.25) is 0 Å². The molecule has 0 spiro atoms. The van der Waals surface area contributed by atoms with Crippen LogP contribution in [0.25, 0.3) is 0 Å². The van der Waals surface area contributed by atoms with Gasteiger partial charge in [0, 0.05) is 38.8 Å². The van der Waals surface area contributed by atoms with Crippen molar-refractivity contribution in [1.82, 2.24) is 9.80 Å². The van der Waals surface area contributed by atoms with Crippen LogP contribution < -0.4 is 0 Å². The van der Waals surface area contributed by atoms with Crippen LogP contribution >= 0.6 is 0 Å². The van der Waals surface area contributed by atoms with Gasteiger partial charge in [-0.1, -0.05) is 0 Å². The van der Waals surface area contributed by atoms with Crippen LogP contribution in [0.3, 0.4) is 0 Å². The van der Waals surface area contributed by atoms with E-state index in [2.05, 4.69) is 30.7 Å². The Kier molecular flexibility index (Phi) is 4.16. The summed E-state index contributed by atoms with van der Waals surface area (Å²) < 4.78 is 5.09. The monoisotopic (exact) mass is 186 g/mol. The predicted molar refractivity (Wildman–Crippen MR) is 55.0 cm³/mol. The minimum absolute atomic E-state index is 0.667. The second-order valence-corrected chi connectivity index (χ2v) is 4.12. The van der Waals surface area contributed by atoms with Crippen molar-refractivity contribution >= 4 is 0 Å². The zero-order valence-corrected chi connectivity index (χ0v) is 9.29. The number of nitrogens with zero attached hydrogens (tertiary/aromatic N) is 2. The van der Waals surface area contributed by atoms with Gasteiger partial charge >= 0.3 is 0 Å². The average molecular weight is 186 g/mol. The van der Waals surface area contributed by atoms with Crippen molar-refractivity contribution in [3.05, 3.63) is 0 Å². The molecule has 0 aromatic carbocycles. The molecule has 0 N–H and O–H groups in total. The third-order valence-electron chi connectivity index (χ3n) is 3.05. The first-order valence-electron chi connectivity index (χ1n) is 5.08. The molecule has 0 saturated carbocycles. The highest BCUT2D eigenvalue weighted by Crippen LogP contribution is 2.12. The van der Waals surface area contributed by atoms with Crippen molar-refractivity contribution in [2.75, 3.05) is 40.4 Å². The Labute approximate surface area is 81.7 Å². The molecule has 0 aliphatic carbocycles. The van der Waals surface area contributed by atoms with E-state index in [9.17, 15) is 0 Å². The van der Waals surface area contributed by atoms with Crippen LogP contribution in [-0.2, 0) is 4.74 Å². The third kappa shape index (κ3) is 2.93. The lowest BCUT2D eigenvalue weighted by atomic mass is 10.1. The van der Waals surface area contributed by atoms with E-state index >= 15 is 0 Å². The summed E-state index contributed by atoms with van der Waals surface area (Å²) in [6, 6.07) is 1.33. The standard InChI is InChI=1S/C10H22N2O/c1-9-7-12(5-6-13-4)8-10(2)11(9)3/h9-10H,5-8H2,1-4H3/t9-,10+. The number of hydrogen-bond acceptors (Lipinski definition) is 3. The Morgan fingerprint density at radius 1 is 1.23 bits per heavy atom. The highest BCUT2D eigenvalue weighted by Gasteiger charge is 2.25. The molecule has 1 saturated heterocycles. The molecule has 13 heavy (non-hydrogen) atoms. The number of rotatable bonds is 3. The first-order valence-corrected chi connectivity index (χ1v) is 5.08. The summed E-state index contributed by atoms with van der Waals surface area (Å²) in [5.41, 5.74) is 0. The van der Waals surface area contributed by atoms with Gasteiger partial charge in [0.15, 0.2) is 0 Å². The topological polar surface area (TPSA) is 15.7 Å². The second kappa shape index (κ2) is 4.94. The summed E-state index contributed by atoms with van der Waals surface area (Å²) in [6.07, 6.45) is 0. The van der Waals surface area contributed by atoms with Crippen LogP contribution in [0.15, 0.2) is 0 Å². The van der Waals surface area contributed by atoms with Crippen LogP contribution in [0.4, 0.5) is 0 Å². The van der Waals surface area contributed by atoms with E-state index in [0.717, 1.165) is 13.2 Å². The molecule has 3 heteroatoms. The SMILES string of the molecule is COCCN1C[C@@H](C)N(C)[C@@H](C)C1. The summed E-state index contributed by atoms with van der Waals surface area (Å²) in [5.74, 6) is 0. The third-order valence-corrected chi connectivity index (χ3v) is 3.05. The van der Waals surface area contributed by atoms with E-state index in [0.29, 0.717) is 12.1 Å². The first-order chi connectivity index (χ1) is 6.15. The largest absolute Gasteiger partial charge is 0.383 e.